The lowest BCUT2D eigenvalue weighted by atomic mass is 10.1. The van der Waals surface area contributed by atoms with Crippen molar-refractivity contribution in [2.24, 2.45) is 0 Å². The third-order valence-corrected chi connectivity index (χ3v) is 6.77. The van der Waals surface area contributed by atoms with Crippen LogP contribution in [0.4, 0.5) is 0 Å². The molecule has 0 bridgehead atoms. The summed E-state index contributed by atoms with van der Waals surface area (Å²) in [6.45, 7) is 5.69. The van der Waals surface area contributed by atoms with Gasteiger partial charge in [0.1, 0.15) is 0 Å². The van der Waals surface area contributed by atoms with E-state index in [0.29, 0.717) is 37.4 Å². The van der Waals surface area contributed by atoms with Crippen LogP contribution in [0.25, 0.3) is 11.4 Å². The Hall–Kier alpha value is -3.08. The van der Waals surface area contributed by atoms with Crippen molar-refractivity contribution in [3.63, 3.8) is 0 Å². The van der Waals surface area contributed by atoms with Crippen LogP contribution in [0, 0.1) is 13.8 Å². The second kappa shape index (κ2) is 9.19. The van der Waals surface area contributed by atoms with Gasteiger partial charge in [0.2, 0.25) is 15.8 Å². The molecule has 4 rings (SSSR count). The maximum absolute atomic E-state index is 12.9. The second-order valence-electron chi connectivity index (χ2n) is 7.62. The van der Waals surface area contributed by atoms with E-state index >= 15 is 0 Å². The predicted octanol–water partition coefficient (Wildman–Crippen LogP) is 2.30. The highest BCUT2D eigenvalue weighted by Crippen LogP contribution is 2.24. The zero-order chi connectivity index (χ0) is 22.7. The molecule has 2 heterocycles. The summed E-state index contributed by atoms with van der Waals surface area (Å²) in [5.74, 6) is -0.354. The van der Waals surface area contributed by atoms with Gasteiger partial charge in [-0.1, -0.05) is 47.1 Å². The Bertz CT molecular complexity index is 1220. The summed E-state index contributed by atoms with van der Waals surface area (Å²) in [6, 6.07) is 12.5. The molecule has 1 aliphatic heterocycles. The van der Waals surface area contributed by atoms with Crippen LogP contribution in [0.2, 0.25) is 0 Å². The van der Waals surface area contributed by atoms with Crippen LogP contribution in [0.15, 0.2) is 51.9 Å². The smallest absolute Gasteiger partial charge is 0.316 e. The molecule has 0 saturated carbocycles. The standard InChI is InChI=1S/C22H24N4O5S/c1-15-3-6-17(7-4-15)14-23-32(28,29)19-13-18(8-5-16(19)2)20-24-21(31-25-20)22(27)26-9-11-30-12-10-26/h3-8,13,23H,9-12,14H2,1-2H3. The molecule has 0 aliphatic carbocycles. The highest BCUT2D eigenvalue weighted by molar-refractivity contribution is 7.89. The van der Waals surface area contributed by atoms with Gasteiger partial charge in [-0.2, -0.15) is 4.98 Å². The first kappa shape index (κ1) is 22.1. The van der Waals surface area contributed by atoms with Crippen molar-refractivity contribution in [3.8, 4) is 11.4 Å². The molecule has 3 aromatic rings. The van der Waals surface area contributed by atoms with Crippen LogP contribution in [0.1, 0.15) is 27.4 Å². The Kier molecular flexibility index (Phi) is 6.35. The number of aromatic nitrogens is 2. The first-order valence-corrected chi connectivity index (χ1v) is 11.7. The summed E-state index contributed by atoms with van der Waals surface area (Å²) in [5.41, 5.74) is 2.98. The summed E-state index contributed by atoms with van der Waals surface area (Å²) < 4.78 is 38.9. The number of nitrogens with one attached hydrogen (secondary N) is 1. The average molecular weight is 457 g/mol. The van der Waals surface area contributed by atoms with Crippen molar-refractivity contribution in [3.05, 3.63) is 65.0 Å². The van der Waals surface area contributed by atoms with E-state index in [2.05, 4.69) is 14.9 Å². The molecular formula is C22H24N4O5S. The van der Waals surface area contributed by atoms with Crippen molar-refractivity contribution in [2.45, 2.75) is 25.3 Å². The number of hydrogen-bond acceptors (Lipinski definition) is 7. The normalized spacial score (nSPS) is 14.5. The minimum Gasteiger partial charge on any atom is -0.378 e. The van der Waals surface area contributed by atoms with Gasteiger partial charge < -0.3 is 14.2 Å². The molecule has 0 spiro atoms. The van der Waals surface area contributed by atoms with E-state index in [0.717, 1.165) is 11.1 Å². The second-order valence-corrected chi connectivity index (χ2v) is 9.35. The maximum atomic E-state index is 12.9. The molecule has 1 N–H and O–H groups in total. The van der Waals surface area contributed by atoms with Crippen molar-refractivity contribution >= 4 is 15.9 Å². The average Bonchev–Trinajstić information content (AvgIpc) is 3.29. The lowest BCUT2D eigenvalue weighted by molar-refractivity contribution is 0.0272. The number of aryl methyl sites for hydroxylation is 2. The maximum Gasteiger partial charge on any atom is 0.316 e. The number of benzene rings is 2. The molecule has 1 amide bonds. The number of carbonyl (C=O) groups is 1. The molecule has 32 heavy (non-hydrogen) atoms. The van der Waals surface area contributed by atoms with Gasteiger partial charge in [-0.3, -0.25) is 4.79 Å². The van der Waals surface area contributed by atoms with E-state index < -0.39 is 10.0 Å². The highest BCUT2D eigenvalue weighted by Gasteiger charge is 2.25. The van der Waals surface area contributed by atoms with Gasteiger partial charge in [-0.15, -0.1) is 0 Å². The number of ether oxygens (including phenoxy) is 1. The summed E-state index contributed by atoms with van der Waals surface area (Å²) in [7, 11) is -3.78. The third-order valence-electron chi connectivity index (χ3n) is 5.23. The fourth-order valence-corrected chi connectivity index (χ4v) is 4.61. The number of rotatable bonds is 6. The van der Waals surface area contributed by atoms with Gasteiger partial charge >= 0.3 is 11.8 Å². The molecule has 10 heteroatoms. The number of nitrogens with zero attached hydrogens (tertiary/aromatic N) is 3. The molecule has 1 aromatic heterocycles. The number of amides is 1. The quantitative estimate of drug-likeness (QED) is 0.605. The van der Waals surface area contributed by atoms with Crippen LogP contribution in [-0.2, 0) is 21.3 Å². The minimum atomic E-state index is -3.78. The molecular weight excluding hydrogens is 432 g/mol. The predicted molar refractivity (Wildman–Crippen MR) is 116 cm³/mol. The number of hydrogen-bond donors (Lipinski definition) is 1. The molecule has 9 nitrogen and oxygen atoms in total. The van der Waals surface area contributed by atoms with Crippen LogP contribution in [0.5, 0.6) is 0 Å². The van der Waals surface area contributed by atoms with Crippen LogP contribution >= 0.6 is 0 Å². The largest absolute Gasteiger partial charge is 0.378 e. The summed E-state index contributed by atoms with van der Waals surface area (Å²) in [6.07, 6.45) is 0. The van der Waals surface area contributed by atoms with E-state index in [1.807, 2.05) is 31.2 Å². The molecule has 1 fully saturated rings. The third kappa shape index (κ3) is 4.87. The zero-order valence-electron chi connectivity index (χ0n) is 17.9. The lowest BCUT2D eigenvalue weighted by Crippen LogP contribution is -2.40. The Labute approximate surface area is 186 Å². The van der Waals surface area contributed by atoms with Crippen molar-refractivity contribution in [1.82, 2.24) is 19.8 Å². The molecule has 0 unspecified atom stereocenters. The summed E-state index contributed by atoms with van der Waals surface area (Å²) in [5, 5.41) is 3.88. The molecule has 1 saturated heterocycles. The van der Waals surface area contributed by atoms with Crippen LogP contribution in [-0.4, -0.2) is 55.7 Å². The fourth-order valence-electron chi connectivity index (χ4n) is 3.32. The van der Waals surface area contributed by atoms with Gasteiger partial charge in [0.25, 0.3) is 0 Å². The first-order chi connectivity index (χ1) is 15.3. The molecule has 0 radical (unpaired) electrons. The Morgan fingerprint density at radius 3 is 2.53 bits per heavy atom. The Balaban J connectivity index is 1.54. The summed E-state index contributed by atoms with van der Waals surface area (Å²) >= 11 is 0. The van der Waals surface area contributed by atoms with Gasteiger partial charge in [0.15, 0.2) is 0 Å². The van der Waals surface area contributed by atoms with Gasteiger partial charge in [0.05, 0.1) is 18.1 Å². The zero-order valence-corrected chi connectivity index (χ0v) is 18.7. The first-order valence-electron chi connectivity index (χ1n) is 10.2. The minimum absolute atomic E-state index is 0.118. The number of sulfonamides is 1. The van der Waals surface area contributed by atoms with E-state index in [-0.39, 0.29) is 29.1 Å². The van der Waals surface area contributed by atoms with Crippen molar-refractivity contribution in [1.29, 1.82) is 0 Å². The molecule has 168 valence electrons. The van der Waals surface area contributed by atoms with E-state index in [4.69, 9.17) is 9.26 Å². The number of morpholine rings is 1. The van der Waals surface area contributed by atoms with E-state index in [1.54, 1.807) is 24.0 Å². The SMILES string of the molecule is Cc1ccc(CNS(=O)(=O)c2cc(-c3noc(C(=O)N4CCOCC4)n3)ccc2C)cc1. The molecule has 0 atom stereocenters. The Morgan fingerprint density at radius 1 is 1.09 bits per heavy atom. The lowest BCUT2D eigenvalue weighted by Gasteiger charge is -2.25. The monoisotopic (exact) mass is 456 g/mol. The van der Waals surface area contributed by atoms with Crippen LogP contribution < -0.4 is 4.72 Å². The topological polar surface area (TPSA) is 115 Å². The molecule has 1 aliphatic rings. The summed E-state index contributed by atoms with van der Waals surface area (Å²) in [4.78, 5) is 18.4. The van der Waals surface area contributed by atoms with Crippen molar-refractivity contribution < 1.29 is 22.5 Å². The van der Waals surface area contributed by atoms with Gasteiger partial charge in [-0.25, -0.2) is 13.1 Å². The van der Waals surface area contributed by atoms with Gasteiger partial charge in [0, 0.05) is 25.2 Å². The van der Waals surface area contributed by atoms with Crippen molar-refractivity contribution in [2.75, 3.05) is 26.3 Å². The highest BCUT2D eigenvalue weighted by atomic mass is 32.2. The van der Waals surface area contributed by atoms with E-state index in [9.17, 15) is 13.2 Å². The van der Waals surface area contributed by atoms with E-state index in [1.165, 1.54) is 6.07 Å². The van der Waals surface area contributed by atoms with Gasteiger partial charge in [-0.05, 0) is 31.0 Å². The number of carbonyl (C=O) groups excluding carboxylic acids is 1. The molecule has 2 aromatic carbocycles. The Morgan fingerprint density at radius 2 is 1.81 bits per heavy atom. The van der Waals surface area contributed by atoms with Crippen LogP contribution in [0.3, 0.4) is 0 Å². The fraction of sp³-hybridized carbons (Fsp3) is 0.318.